The summed E-state index contributed by atoms with van der Waals surface area (Å²) < 4.78 is 50.7. The number of halogens is 3. The third-order valence-corrected chi connectivity index (χ3v) is 4.58. The molecule has 1 aliphatic heterocycles. The number of amides is 1. The predicted octanol–water partition coefficient (Wildman–Crippen LogP) is 3.99. The molecule has 0 fully saturated rings. The molecule has 2 aromatic carbocycles. The quantitative estimate of drug-likeness (QED) is 0.654. The van der Waals surface area contributed by atoms with Gasteiger partial charge < -0.3 is 14.8 Å². The van der Waals surface area contributed by atoms with Gasteiger partial charge in [0.25, 0.3) is 0 Å². The average molecular weight is 369 g/mol. The van der Waals surface area contributed by atoms with Crippen LogP contribution in [0.4, 0.5) is 18.9 Å². The van der Waals surface area contributed by atoms with Crippen molar-refractivity contribution in [1.29, 1.82) is 0 Å². The van der Waals surface area contributed by atoms with Crippen molar-refractivity contribution in [2.24, 2.45) is 0 Å². The number of fused-ring (bicyclic) bond motifs is 1. The second-order valence-corrected chi connectivity index (χ2v) is 6.69. The molecule has 0 radical (unpaired) electrons. The third kappa shape index (κ3) is 3.84. The molecule has 3 rings (SSSR count). The number of nitrogens with one attached hydrogen (secondary N) is 1. The molecule has 0 bridgehead atoms. The van der Waals surface area contributed by atoms with Crippen LogP contribution in [-0.2, 0) is 4.79 Å². The molecule has 0 aliphatic carbocycles. The summed E-state index contributed by atoms with van der Waals surface area (Å²) in [6, 6.07) is 7.01. The molecular weight excluding hydrogens is 355 g/mol. The summed E-state index contributed by atoms with van der Waals surface area (Å²) in [5.74, 6) is -3.67. The van der Waals surface area contributed by atoms with E-state index in [2.05, 4.69) is 5.32 Å². The number of rotatable bonds is 4. The molecule has 0 saturated heterocycles. The van der Waals surface area contributed by atoms with Gasteiger partial charge in [-0.15, -0.1) is 11.8 Å². The van der Waals surface area contributed by atoms with Crippen LogP contribution >= 0.6 is 11.8 Å². The predicted molar refractivity (Wildman–Crippen MR) is 87.7 cm³/mol. The fourth-order valence-electron chi connectivity index (χ4n) is 2.21. The van der Waals surface area contributed by atoms with Crippen molar-refractivity contribution in [3.63, 3.8) is 0 Å². The zero-order valence-corrected chi connectivity index (χ0v) is 14.0. The SMILES string of the molecule is C[C@H](Sc1ccc2c(c1)OCCO2)C(=O)Nc1ccc(F)c(F)c1F. The Morgan fingerprint density at radius 3 is 2.56 bits per heavy atom. The van der Waals surface area contributed by atoms with Crippen LogP contribution in [0.3, 0.4) is 0 Å². The molecule has 0 spiro atoms. The van der Waals surface area contributed by atoms with E-state index < -0.39 is 34.3 Å². The van der Waals surface area contributed by atoms with Crippen LogP contribution in [-0.4, -0.2) is 24.4 Å². The fraction of sp³-hybridized carbons (Fsp3) is 0.235. The van der Waals surface area contributed by atoms with Gasteiger partial charge in [0.15, 0.2) is 29.0 Å². The highest BCUT2D eigenvalue weighted by atomic mass is 32.2. The molecule has 0 unspecified atom stereocenters. The van der Waals surface area contributed by atoms with E-state index >= 15 is 0 Å². The van der Waals surface area contributed by atoms with Gasteiger partial charge in [-0.25, -0.2) is 13.2 Å². The molecule has 2 aromatic rings. The smallest absolute Gasteiger partial charge is 0.237 e. The van der Waals surface area contributed by atoms with Gasteiger partial charge in [0.1, 0.15) is 13.2 Å². The maximum Gasteiger partial charge on any atom is 0.237 e. The van der Waals surface area contributed by atoms with E-state index in [4.69, 9.17) is 9.47 Å². The number of benzene rings is 2. The van der Waals surface area contributed by atoms with Crippen molar-refractivity contribution in [3.8, 4) is 11.5 Å². The van der Waals surface area contributed by atoms with Crippen LogP contribution in [0, 0.1) is 17.5 Å². The Morgan fingerprint density at radius 2 is 1.80 bits per heavy atom. The van der Waals surface area contributed by atoms with Crippen molar-refractivity contribution < 1.29 is 27.4 Å². The molecule has 1 heterocycles. The first-order valence-corrected chi connectivity index (χ1v) is 8.34. The fourth-order valence-corrected chi connectivity index (χ4v) is 3.11. The highest BCUT2D eigenvalue weighted by Crippen LogP contribution is 2.35. The van der Waals surface area contributed by atoms with E-state index in [0.717, 1.165) is 17.0 Å². The number of carbonyl (C=O) groups is 1. The minimum Gasteiger partial charge on any atom is -0.486 e. The van der Waals surface area contributed by atoms with Crippen LogP contribution in [0.25, 0.3) is 0 Å². The summed E-state index contributed by atoms with van der Waals surface area (Å²) in [7, 11) is 0. The monoisotopic (exact) mass is 369 g/mol. The standard InChI is InChI=1S/C17H14F3NO3S/c1-9(17(22)21-12-4-3-11(18)15(19)16(12)20)25-10-2-5-13-14(8-10)24-7-6-23-13/h2-5,8-9H,6-7H2,1H3,(H,21,22)/t9-/m0/s1. The Hall–Kier alpha value is -2.35. The second-order valence-electron chi connectivity index (χ2n) is 5.28. The lowest BCUT2D eigenvalue weighted by atomic mass is 10.2. The first-order chi connectivity index (χ1) is 12.0. The molecule has 4 nitrogen and oxygen atoms in total. The third-order valence-electron chi connectivity index (χ3n) is 3.49. The van der Waals surface area contributed by atoms with Crippen molar-refractivity contribution in [3.05, 3.63) is 47.8 Å². The summed E-state index contributed by atoms with van der Waals surface area (Å²) in [6.07, 6.45) is 0. The van der Waals surface area contributed by atoms with E-state index in [-0.39, 0.29) is 0 Å². The Labute approximate surface area is 146 Å². The zero-order chi connectivity index (χ0) is 18.0. The molecule has 0 saturated carbocycles. The lowest BCUT2D eigenvalue weighted by Gasteiger charge is -2.19. The van der Waals surface area contributed by atoms with E-state index in [9.17, 15) is 18.0 Å². The van der Waals surface area contributed by atoms with Gasteiger partial charge in [-0.1, -0.05) is 0 Å². The number of carbonyl (C=O) groups excluding carboxylic acids is 1. The van der Waals surface area contributed by atoms with E-state index in [0.29, 0.717) is 24.7 Å². The van der Waals surface area contributed by atoms with Gasteiger partial charge in [0.2, 0.25) is 5.91 Å². The van der Waals surface area contributed by atoms with Gasteiger partial charge in [-0.3, -0.25) is 4.79 Å². The summed E-state index contributed by atoms with van der Waals surface area (Å²) in [4.78, 5) is 12.9. The molecule has 1 amide bonds. The van der Waals surface area contributed by atoms with Gasteiger partial charge in [0.05, 0.1) is 10.9 Å². The van der Waals surface area contributed by atoms with Crippen molar-refractivity contribution in [1.82, 2.24) is 0 Å². The lowest BCUT2D eigenvalue weighted by molar-refractivity contribution is -0.115. The van der Waals surface area contributed by atoms with Gasteiger partial charge in [0, 0.05) is 4.90 Å². The van der Waals surface area contributed by atoms with Crippen LogP contribution in [0.5, 0.6) is 11.5 Å². The van der Waals surface area contributed by atoms with Crippen LogP contribution in [0.1, 0.15) is 6.92 Å². The number of hydrogen-bond acceptors (Lipinski definition) is 4. The zero-order valence-electron chi connectivity index (χ0n) is 13.1. The van der Waals surface area contributed by atoms with E-state index in [1.165, 1.54) is 11.8 Å². The van der Waals surface area contributed by atoms with Gasteiger partial charge >= 0.3 is 0 Å². The molecule has 132 valence electrons. The van der Waals surface area contributed by atoms with Crippen molar-refractivity contribution in [2.45, 2.75) is 17.1 Å². The number of thioether (sulfide) groups is 1. The van der Waals surface area contributed by atoms with Crippen molar-refractivity contribution >= 4 is 23.4 Å². The molecule has 0 aromatic heterocycles. The van der Waals surface area contributed by atoms with Crippen LogP contribution in [0.2, 0.25) is 0 Å². The summed E-state index contributed by atoms with van der Waals surface area (Å²) in [5, 5.41) is 1.66. The normalized spacial score (nSPS) is 14.1. The molecule has 1 aliphatic rings. The maximum atomic E-state index is 13.6. The molecular formula is C17H14F3NO3S. The topological polar surface area (TPSA) is 47.6 Å². The highest BCUT2D eigenvalue weighted by Gasteiger charge is 2.20. The van der Waals surface area contributed by atoms with Gasteiger partial charge in [-0.2, -0.15) is 0 Å². The average Bonchev–Trinajstić information content (AvgIpc) is 2.62. The van der Waals surface area contributed by atoms with E-state index in [1.807, 2.05) is 0 Å². The minimum absolute atomic E-state index is 0.404. The molecule has 1 N–H and O–H groups in total. The molecule has 8 heteroatoms. The first kappa shape index (κ1) is 17.5. The van der Waals surface area contributed by atoms with Crippen LogP contribution in [0.15, 0.2) is 35.2 Å². The van der Waals surface area contributed by atoms with Gasteiger partial charge in [-0.05, 0) is 37.3 Å². The van der Waals surface area contributed by atoms with E-state index in [1.54, 1.807) is 25.1 Å². The molecule has 1 atom stereocenters. The maximum absolute atomic E-state index is 13.6. The first-order valence-electron chi connectivity index (χ1n) is 7.46. The Morgan fingerprint density at radius 1 is 1.08 bits per heavy atom. The summed E-state index contributed by atoms with van der Waals surface area (Å²) >= 11 is 1.22. The summed E-state index contributed by atoms with van der Waals surface area (Å²) in [6.45, 7) is 2.55. The van der Waals surface area contributed by atoms with Crippen molar-refractivity contribution in [2.75, 3.05) is 18.5 Å². The number of anilines is 1. The Balaban J connectivity index is 1.68. The molecule has 25 heavy (non-hydrogen) atoms. The summed E-state index contributed by atoms with van der Waals surface area (Å²) in [5.41, 5.74) is -0.404. The number of hydrogen-bond donors (Lipinski definition) is 1. The highest BCUT2D eigenvalue weighted by molar-refractivity contribution is 8.00. The number of ether oxygens (including phenoxy) is 2. The second kappa shape index (κ2) is 7.26. The Kier molecular flexibility index (Phi) is 5.08. The lowest BCUT2D eigenvalue weighted by Crippen LogP contribution is -2.23. The minimum atomic E-state index is -1.62. The Bertz CT molecular complexity index is 816. The van der Waals surface area contributed by atoms with Crippen LogP contribution < -0.4 is 14.8 Å². The largest absolute Gasteiger partial charge is 0.486 e.